The summed E-state index contributed by atoms with van der Waals surface area (Å²) in [7, 11) is 0. The molecule has 0 N–H and O–H groups in total. The van der Waals surface area contributed by atoms with Crippen LogP contribution in [-0.4, -0.2) is 19.1 Å². The number of para-hydroxylation sites is 3. The highest BCUT2D eigenvalue weighted by atomic mass is 15.0. The largest absolute Gasteiger partial charge is 0.309 e. The fraction of sp³-hybridized carbons (Fsp3) is 0. The molecule has 0 radical (unpaired) electrons. The van der Waals surface area contributed by atoms with Crippen LogP contribution < -0.4 is 0 Å². The molecule has 3 heterocycles. The van der Waals surface area contributed by atoms with E-state index >= 15 is 0 Å². The minimum absolute atomic E-state index is 0.698. The fourth-order valence-corrected chi connectivity index (χ4v) is 8.15. The summed E-state index contributed by atoms with van der Waals surface area (Å²) >= 11 is 0. The first-order valence-electron chi connectivity index (χ1n) is 18.3. The molecule has 3 aromatic heterocycles. The number of nitrogens with zero attached hydrogens (tertiary/aromatic N) is 4. The number of fused-ring (bicyclic) bond motifs is 7. The molecule has 0 aliphatic heterocycles. The molecule has 0 saturated carbocycles. The number of benzene rings is 8. The molecular formula is C50H32N4. The van der Waals surface area contributed by atoms with Gasteiger partial charge in [-0.3, -0.25) is 0 Å². The van der Waals surface area contributed by atoms with E-state index in [0.29, 0.717) is 5.82 Å². The van der Waals surface area contributed by atoms with Crippen molar-refractivity contribution in [2.75, 3.05) is 0 Å². The van der Waals surface area contributed by atoms with Crippen LogP contribution in [0.3, 0.4) is 0 Å². The Hall–Kier alpha value is -7.30. The zero-order valence-electron chi connectivity index (χ0n) is 29.3. The van der Waals surface area contributed by atoms with Crippen molar-refractivity contribution in [3.8, 4) is 45.3 Å². The van der Waals surface area contributed by atoms with Crippen LogP contribution in [-0.2, 0) is 0 Å². The summed E-state index contributed by atoms with van der Waals surface area (Å²) in [6, 6.07) is 69.0. The molecule has 8 aromatic carbocycles. The van der Waals surface area contributed by atoms with Gasteiger partial charge in [0.25, 0.3) is 0 Å². The first-order valence-corrected chi connectivity index (χ1v) is 18.3. The Balaban J connectivity index is 1.08. The summed E-state index contributed by atoms with van der Waals surface area (Å²) in [5.41, 5.74) is 11.9. The SMILES string of the molecule is c1ccc(-c2cc(-c3ccc4ccccc4c3)nc(-c3ccc(-n4c5ccccc5c5cc6c(cc54)c4ccccc4n6-c4ccccc4)cc3)n2)cc1. The van der Waals surface area contributed by atoms with Gasteiger partial charge in [0.2, 0.25) is 0 Å². The van der Waals surface area contributed by atoms with Gasteiger partial charge in [-0.1, -0.05) is 121 Å². The molecule has 0 spiro atoms. The topological polar surface area (TPSA) is 35.6 Å². The van der Waals surface area contributed by atoms with E-state index in [1.165, 1.54) is 54.4 Å². The van der Waals surface area contributed by atoms with Crippen LogP contribution in [0, 0.1) is 0 Å². The van der Waals surface area contributed by atoms with Crippen molar-refractivity contribution in [3.63, 3.8) is 0 Å². The van der Waals surface area contributed by atoms with Crippen molar-refractivity contribution in [1.29, 1.82) is 0 Å². The highest BCUT2D eigenvalue weighted by molar-refractivity contribution is 6.19. The third-order valence-corrected chi connectivity index (χ3v) is 10.7. The standard InChI is InChI=1S/C50H32N4/c1-3-14-34(15-4-1)44-32-45(37-24-23-33-13-7-8-16-36(33)29-37)52-50(51-44)35-25-27-39(28-26-35)54-47-22-12-10-20-41(47)43-30-48-42(31-49(43)54)40-19-9-11-21-46(40)53(48)38-17-5-2-6-18-38/h1-32H. The predicted octanol–water partition coefficient (Wildman–Crippen LogP) is 12.8. The van der Waals surface area contributed by atoms with Crippen LogP contribution in [0.15, 0.2) is 194 Å². The van der Waals surface area contributed by atoms with E-state index in [0.717, 1.165) is 39.5 Å². The highest BCUT2D eigenvalue weighted by Crippen LogP contribution is 2.40. The molecule has 0 bridgehead atoms. The van der Waals surface area contributed by atoms with Crippen molar-refractivity contribution in [2.45, 2.75) is 0 Å². The van der Waals surface area contributed by atoms with Gasteiger partial charge in [-0.15, -0.1) is 0 Å². The van der Waals surface area contributed by atoms with E-state index in [2.05, 4.69) is 197 Å². The first kappa shape index (κ1) is 30.3. The Morgan fingerprint density at radius 3 is 1.44 bits per heavy atom. The predicted molar refractivity (Wildman–Crippen MR) is 225 cm³/mol. The Kier molecular flexibility index (Phi) is 6.82. The van der Waals surface area contributed by atoms with Crippen LogP contribution in [0.5, 0.6) is 0 Å². The smallest absolute Gasteiger partial charge is 0.160 e. The Morgan fingerprint density at radius 2 is 0.796 bits per heavy atom. The molecule has 54 heavy (non-hydrogen) atoms. The van der Waals surface area contributed by atoms with Crippen molar-refractivity contribution in [2.24, 2.45) is 0 Å². The molecule has 11 rings (SSSR count). The van der Waals surface area contributed by atoms with Crippen molar-refractivity contribution in [3.05, 3.63) is 194 Å². The number of hydrogen-bond donors (Lipinski definition) is 0. The highest BCUT2D eigenvalue weighted by Gasteiger charge is 2.19. The van der Waals surface area contributed by atoms with Gasteiger partial charge < -0.3 is 9.13 Å². The van der Waals surface area contributed by atoms with Crippen LogP contribution in [0.4, 0.5) is 0 Å². The normalized spacial score (nSPS) is 11.7. The second-order valence-corrected chi connectivity index (χ2v) is 13.9. The molecule has 0 aliphatic rings. The summed E-state index contributed by atoms with van der Waals surface area (Å²) in [5.74, 6) is 0.698. The lowest BCUT2D eigenvalue weighted by molar-refractivity contribution is 1.16. The van der Waals surface area contributed by atoms with Crippen molar-refractivity contribution >= 4 is 54.4 Å². The summed E-state index contributed by atoms with van der Waals surface area (Å²) < 4.78 is 4.78. The molecule has 4 heteroatoms. The van der Waals surface area contributed by atoms with Gasteiger partial charge in [-0.25, -0.2) is 9.97 Å². The van der Waals surface area contributed by atoms with Crippen LogP contribution in [0.2, 0.25) is 0 Å². The van der Waals surface area contributed by atoms with Crippen molar-refractivity contribution in [1.82, 2.24) is 19.1 Å². The molecular weight excluding hydrogens is 657 g/mol. The second-order valence-electron chi connectivity index (χ2n) is 13.9. The number of hydrogen-bond acceptors (Lipinski definition) is 2. The first-order chi connectivity index (χ1) is 26.8. The van der Waals surface area contributed by atoms with Gasteiger partial charge >= 0.3 is 0 Å². The Labute approximate surface area is 311 Å². The minimum atomic E-state index is 0.698. The van der Waals surface area contributed by atoms with E-state index in [4.69, 9.17) is 9.97 Å². The molecule has 0 aliphatic carbocycles. The van der Waals surface area contributed by atoms with Crippen LogP contribution >= 0.6 is 0 Å². The molecule has 4 nitrogen and oxygen atoms in total. The van der Waals surface area contributed by atoms with E-state index < -0.39 is 0 Å². The maximum Gasteiger partial charge on any atom is 0.160 e. The van der Waals surface area contributed by atoms with Gasteiger partial charge in [0.05, 0.1) is 33.5 Å². The maximum atomic E-state index is 5.17. The third kappa shape index (κ3) is 4.85. The van der Waals surface area contributed by atoms with E-state index in [-0.39, 0.29) is 0 Å². The molecule has 252 valence electrons. The minimum Gasteiger partial charge on any atom is -0.309 e. The van der Waals surface area contributed by atoms with E-state index in [1.54, 1.807) is 0 Å². The summed E-state index contributed by atoms with van der Waals surface area (Å²) in [5, 5.41) is 7.32. The van der Waals surface area contributed by atoms with E-state index in [1.807, 2.05) is 6.07 Å². The van der Waals surface area contributed by atoms with Gasteiger partial charge in [0.1, 0.15) is 0 Å². The zero-order valence-corrected chi connectivity index (χ0v) is 29.3. The summed E-state index contributed by atoms with van der Waals surface area (Å²) in [6.07, 6.45) is 0. The number of aromatic nitrogens is 4. The fourth-order valence-electron chi connectivity index (χ4n) is 8.15. The summed E-state index contributed by atoms with van der Waals surface area (Å²) in [4.78, 5) is 10.3. The summed E-state index contributed by atoms with van der Waals surface area (Å²) in [6.45, 7) is 0. The van der Waals surface area contributed by atoms with Gasteiger partial charge in [-0.05, 0) is 83.6 Å². The Morgan fingerprint density at radius 1 is 0.296 bits per heavy atom. The lowest BCUT2D eigenvalue weighted by atomic mass is 10.0. The average Bonchev–Trinajstić information content (AvgIpc) is 3.75. The molecule has 0 amide bonds. The molecule has 0 unspecified atom stereocenters. The van der Waals surface area contributed by atoms with Gasteiger partial charge in [0, 0.05) is 49.6 Å². The second kappa shape index (κ2) is 12.1. The average molecular weight is 689 g/mol. The lowest BCUT2D eigenvalue weighted by Crippen LogP contribution is -1.97. The number of rotatable bonds is 5. The van der Waals surface area contributed by atoms with E-state index in [9.17, 15) is 0 Å². The third-order valence-electron chi connectivity index (χ3n) is 10.7. The monoisotopic (exact) mass is 688 g/mol. The van der Waals surface area contributed by atoms with Gasteiger partial charge in [0.15, 0.2) is 5.82 Å². The lowest BCUT2D eigenvalue weighted by Gasteiger charge is -2.12. The van der Waals surface area contributed by atoms with Gasteiger partial charge in [-0.2, -0.15) is 0 Å². The maximum absolute atomic E-state index is 5.17. The molecule has 0 atom stereocenters. The van der Waals surface area contributed by atoms with Crippen molar-refractivity contribution < 1.29 is 0 Å². The quantitative estimate of drug-likeness (QED) is 0.180. The molecule has 11 aromatic rings. The zero-order chi connectivity index (χ0) is 35.6. The van der Waals surface area contributed by atoms with Crippen LogP contribution in [0.25, 0.3) is 99.7 Å². The molecule has 0 fully saturated rings. The Bertz CT molecular complexity index is 3190. The van der Waals surface area contributed by atoms with Crippen LogP contribution in [0.1, 0.15) is 0 Å². The molecule has 0 saturated heterocycles.